The van der Waals surface area contributed by atoms with Crippen LogP contribution in [0.5, 0.6) is 0 Å². The molecule has 0 saturated heterocycles. The summed E-state index contributed by atoms with van der Waals surface area (Å²) in [4.78, 5) is 31.8. The standard InChI is InChI=1S/C17H19N3O2/c1-4-19(2)16(21)13-7-5-8-14(11-13)17(22)20(3)15-9-6-10-18-12-15/h5-12H,4H2,1-3H3. The van der Waals surface area contributed by atoms with Crippen LogP contribution in [0.15, 0.2) is 48.8 Å². The number of carbonyl (C=O) groups is 2. The largest absolute Gasteiger partial charge is 0.342 e. The number of anilines is 1. The van der Waals surface area contributed by atoms with Crippen molar-refractivity contribution in [2.24, 2.45) is 0 Å². The first-order chi connectivity index (χ1) is 10.5. The molecule has 0 saturated carbocycles. The molecule has 0 unspecified atom stereocenters. The number of benzene rings is 1. The van der Waals surface area contributed by atoms with Crippen molar-refractivity contribution in [1.29, 1.82) is 0 Å². The van der Waals surface area contributed by atoms with E-state index in [0.29, 0.717) is 23.4 Å². The Hall–Kier alpha value is -2.69. The van der Waals surface area contributed by atoms with Crippen LogP contribution in [0.4, 0.5) is 5.69 Å². The second kappa shape index (κ2) is 6.85. The van der Waals surface area contributed by atoms with Gasteiger partial charge in [0, 0.05) is 38.0 Å². The number of amides is 2. The highest BCUT2D eigenvalue weighted by Gasteiger charge is 2.16. The third kappa shape index (κ3) is 3.31. The molecule has 5 heteroatoms. The van der Waals surface area contributed by atoms with Crippen molar-refractivity contribution in [3.8, 4) is 0 Å². The van der Waals surface area contributed by atoms with Crippen LogP contribution in [0.25, 0.3) is 0 Å². The van der Waals surface area contributed by atoms with Crippen LogP contribution in [0.1, 0.15) is 27.6 Å². The van der Waals surface area contributed by atoms with Gasteiger partial charge in [-0.2, -0.15) is 0 Å². The third-order valence-corrected chi connectivity index (χ3v) is 3.52. The predicted molar refractivity (Wildman–Crippen MR) is 86.0 cm³/mol. The lowest BCUT2D eigenvalue weighted by molar-refractivity contribution is 0.0802. The van der Waals surface area contributed by atoms with Crippen molar-refractivity contribution >= 4 is 17.5 Å². The van der Waals surface area contributed by atoms with E-state index in [4.69, 9.17) is 0 Å². The lowest BCUT2D eigenvalue weighted by Crippen LogP contribution is -2.28. The van der Waals surface area contributed by atoms with Crippen molar-refractivity contribution in [3.63, 3.8) is 0 Å². The molecular weight excluding hydrogens is 278 g/mol. The van der Waals surface area contributed by atoms with Gasteiger partial charge in [-0.15, -0.1) is 0 Å². The van der Waals surface area contributed by atoms with E-state index >= 15 is 0 Å². The summed E-state index contributed by atoms with van der Waals surface area (Å²) in [7, 11) is 3.42. The van der Waals surface area contributed by atoms with Gasteiger partial charge in [-0.1, -0.05) is 6.07 Å². The number of aromatic nitrogens is 1. The van der Waals surface area contributed by atoms with E-state index in [2.05, 4.69) is 4.98 Å². The molecule has 5 nitrogen and oxygen atoms in total. The average Bonchev–Trinajstić information content (AvgIpc) is 2.59. The number of rotatable bonds is 4. The Morgan fingerprint density at radius 1 is 1.05 bits per heavy atom. The fourth-order valence-corrected chi connectivity index (χ4v) is 2.01. The summed E-state index contributed by atoms with van der Waals surface area (Å²) in [5, 5.41) is 0. The SMILES string of the molecule is CCN(C)C(=O)c1cccc(C(=O)N(C)c2cccnc2)c1. The molecule has 1 aromatic carbocycles. The van der Waals surface area contributed by atoms with E-state index in [1.807, 2.05) is 13.0 Å². The topological polar surface area (TPSA) is 53.5 Å². The highest BCUT2D eigenvalue weighted by molar-refractivity contribution is 6.07. The second-order valence-electron chi connectivity index (χ2n) is 4.98. The van der Waals surface area contributed by atoms with Gasteiger partial charge in [-0.3, -0.25) is 14.6 Å². The lowest BCUT2D eigenvalue weighted by Gasteiger charge is -2.18. The van der Waals surface area contributed by atoms with Gasteiger partial charge in [0.25, 0.3) is 11.8 Å². The summed E-state index contributed by atoms with van der Waals surface area (Å²) in [6.45, 7) is 2.52. The molecule has 2 amide bonds. The summed E-state index contributed by atoms with van der Waals surface area (Å²) in [5.41, 5.74) is 1.69. The summed E-state index contributed by atoms with van der Waals surface area (Å²) in [6.07, 6.45) is 3.28. The Bertz CT molecular complexity index is 671. The molecule has 0 fully saturated rings. The summed E-state index contributed by atoms with van der Waals surface area (Å²) < 4.78 is 0. The van der Waals surface area contributed by atoms with Crippen LogP contribution < -0.4 is 4.90 Å². The fourth-order valence-electron chi connectivity index (χ4n) is 2.01. The molecule has 0 N–H and O–H groups in total. The van der Waals surface area contributed by atoms with Crippen molar-refractivity contribution in [3.05, 3.63) is 59.9 Å². The number of hydrogen-bond acceptors (Lipinski definition) is 3. The van der Waals surface area contributed by atoms with Crippen molar-refractivity contribution in [2.45, 2.75) is 6.92 Å². The molecule has 1 aromatic heterocycles. The van der Waals surface area contributed by atoms with Gasteiger partial charge in [0.05, 0.1) is 11.9 Å². The Balaban J connectivity index is 2.26. The van der Waals surface area contributed by atoms with Gasteiger partial charge in [0.1, 0.15) is 0 Å². The van der Waals surface area contributed by atoms with Gasteiger partial charge >= 0.3 is 0 Å². The molecule has 114 valence electrons. The van der Waals surface area contributed by atoms with E-state index in [1.54, 1.807) is 61.7 Å². The van der Waals surface area contributed by atoms with Crippen molar-refractivity contribution in [2.75, 3.05) is 25.5 Å². The van der Waals surface area contributed by atoms with Crippen LogP contribution in [-0.2, 0) is 0 Å². The van der Waals surface area contributed by atoms with Gasteiger partial charge in [0.15, 0.2) is 0 Å². The number of carbonyl (C=O) groups excluding carboxylic acids is 2. The maximum atomic E-state index is 12.5. The van der Waals surface area contributed by atoms with E-state index in [1.165, 1.54) is 4.90 Å². The maximum Gasteiger partial charge on any atom is 0.258 e. The molecule has 0 aliphatic carbocycles. The molecule has 0 aliphatic heterocycles. The first-order valence-electron chi connectivity index (χ1n) is 7.08. The minimum absolute atomic E-state index is 0.0961. The predicted octanol–water partition coefficient (Wildman–Crippen LogP) is 2.45. The normalized spacial score (nSPS) is 10.1. The molecular formula is C17H19N3O2. The Kier molecular flexibility index (Phi) is 4.88. The van der Waals surface area contributed by atoms with Gasteiger partial charge < -0.3 is 9.80 Å². The Morgan fingerprint density at radius 3 is 2.32 bits per heavy atom. The molecule has 0 radical (unpaired) electrons. The Labute approximate surface area is 130 Å². The van der Waals surface area contributed by atoms with E-state index < -0.39 is 0 Å². The summed E-state index contributed by atoms with van der Waals surface area (Å²) in [6, 6.07) is 10.4. The van der Waals surface area contributed by atoms with Crippen molar-refractivity contribution in [1.82, 2.24) is 9.88 Å². The monoisotopic (exact) mass is 297 g/mol. The van der Waals surface area contributed by atoms with Crippen LogP contribution in [0, 0.1) is 0 Å². The zero-order valence-electron chi connectivity index (χ0n) is 13.0. The molecule has 2 rings (SSSR count). The Morgan fingerprint density at radius 2 is 1.73 bits per heavy atom. The molecule has 2 aromatic rings. The highest BCUT2D eigenvalue weighted by Crippen LogP contribution is 2.15. The van der Waals surface area contributed by atoms with Crippen LogP contribution in [-0.4, -0.2) is 42.3 Å². The molecule has 22 heavy (non-hydrogen) atoms. The first kappa shape index (κ1) is 15.7. The molecule has 0 bridgehead atoms. The highest BCUT2D eigenvalue weighted by atomic mass is 16.2. The van der Waals surface area contributed by atoms with E-state index in [0.717, 1.165) is 0 Å². The summed E-state index contributed by atoms with van der Waals surface area (Å²) >= 11 is 0. The summed E-state index contributed by atoms with van der Waals surface area (Å²) in [5.74, 6) is -0.275. The van der Waals surface area contributed by atoms with Gasteiger partial charge in [-0.05, 0) is 37.3 Å². The molecule has 0 atom stereocenters. The van der Waals surface area contributed by atoms with Crippen LogP contribution in [0.2, 0.25) is 0 Å². The average molecular weight is 297 g/mol. The van der Waals surface area contributed by atoms with E-state index in [-0.39, 0.29) is 11.8 Å². The minimum atomic E-state index is -0.179. The third-order valence-electron chi connectivity index (χ3n) is 3.52. The minimum Gasteiger partial charge on any atom is -0.342 e. The smallest absolute Gasteiger partial charge is 0.258 e. The van der Waals surface area contributed by atoms with Gasteiger partial charge in [-0.25, -0.2) is 0 Å². The van der Waals surface area contributed by atoms with Crippen LogP contribution >= 0.6 is 0 Å². The molecule has 0 spiro atoms. The maximum absolute atomic E-state index is 12.5. The lowest BCUT2D eigenvalue weighted by atomic mass is 10.1. The fraction of sp³-hybridized carbons (Fsp3) is 0.235. The van der Waals surface area contributed by atoms with Gasteiger partial charge in [0.2, 0.25) is 0 Å². The first-order valence-corrected chi connectivity index (χ1v) is 7.08. The zero-order valence-corrected chi connectivity index (χ0v) is 13.0. The second-order valence-corrected chi connectivity index (χ2v) is 4.98. The van der Waals surface area contributed by atoms with Crippen molar-refractivity contribution < 1.29 is 9.59 Å². The molecule has 1 heterocycles. The number of pyridine rings is 1. The number of nitrogens with zero attached hydrogens (tertiary/aromatic N) is 3. The number of hydrogen-bond donors (Lipinski definition) is 0. The van der Waals surface area contributed by atoms with E-state index in [9.17, 15) is 9.59 Å². The quantitative estimate of drug-likeness (QED) is 0.871. The zero-order chi connectivity index (χ0) is 16.1. The molecule has 0 aliphatic rings. The van der Waals surface area contributed by atoms with Crippen LogP contribution in [0.3, 0.4) is 0 Å².